The zero-order valence-corrected chi connectivity index (χ0v) is 24.7. The van der Waals surface area contributed by atoms with Crippen molar-refractivity contribution in [1.82, 2.24) is 20.0 Å². The van der Waals surface area contributed by atoms with Crippen molar-refractivity contribution in [2.75, 3.05) is 18.7 Å². The molecule has 1 saturated heterocycles. The normalized spacial score (nSPS) is 22.5. The topological polar surface area (TPSA) is 118 Å². The van der Waals surface area contributed by atoms with Crippen LogP contribution in [0.4, 0.5) is 6.01 Å². The summed E-state index contributed by atoms with van der Waals surface area (Å²) in [7, 11) is -1.28. The third-order valence-electron chi connectivity index (χ3n) is 9.09. The van der Waals surface area contributed by atoms with Gasteiger partial charge in [0, 0.05) is 45.7 Å². The van der Waals surface area contributed by atoms with Crippen LogP contribution in [0, 0.1) is 5.41 Å². The van der Waals surface area contributed by atoms with E-state index in [-0.39, 0.29) is 30.9 Å². The molecular weight excluding hydrogens is 526 g/mol. The van der Waals surface area contributed by atoms with E-state index in [2.05, 4.69) is 35.2 Å². The highest BCUT2D eigenvalue weighted by Crippen LogP contribution is 2.61. The Labute approximate surface area is 235 Å². The fourth-order valence-corrected chi connectivity index (χ4v) is 7.16. The first-order valence-electron chi connectivity index (χ1n) is 14.5. The summed E-state index contributed by atoms with van der Waals surface area (Å²) in [6.45, 7) is 8.02. The standard InChI is InChI=1S/C29H39N5O5Si/c1-40(2,3)12-11-38-18-34-24(35)8-7-23(27(34)37)33-17-20-6-5-19(13-22(20)26(33)36)16-30-28-32-31-25(39-28)21-14-29(15-21)9-4-10-29/h5-6,13,21,23H,4,7-12,14-18H2,1-3H3,(H,30,32). The number of carbonyl (C=O) groups excluding carboxylic acids is 3. The maximum absolute atomic E-state index is 13.4. The molecule has 3 amide bonds. The zero-order valence-electron chi connectivity index (χ0n) is 23.7. The van der Waals surface area contributed by atoms with E-state index in [1.165, 1.54) is 24.2 Å². The highest BCUT2D eigenvalue weighted by Gasteiger charge is 2.50. The molecule has 2 aromatic rings. The summed E-state index contributed by atoms with van der Waals surface area (Å²) in [6, 6.07) is 6.45. The number of amides is 3. The molecule has 3 fully saturated rings. The van der Waals surface area contributed by atoms with Crippen LogP contribution in [0.2, 0.25) is 25.7 Å². The van der Waals surface area contributed by atoms with Crippen LogP contribution in [0.1, 0.15) is 78.2 Å². The maximum Gasteiger partial charge on any atom is 0.315 e. The van der Waals surface area contributed by atoms with Gasteiger partial charge in [0.05, 0.1) is 0 Å². The van der Waals surface area contributed by atoms with Gasteiger partial charge in [0.2, 0.25) is 11.8 Å². The number of anilines is 1. The summed E-state index contributed by atoms with van der Waals surface area (Å²) in [6.07, 6.45) is 6.85. The minimum atomic E-state index is -1.28. The number of ether oxygens (including phenoxy) is 1. The predicted molar refractivity (Wildman–Crippen MR) is 150 cm³/mol. The first-order chi connectivity index (χ1) is 19.1. The van der Waals surface area contributed by atoms with E-state index < -0.39 is 14.1 Å². The Morgan fingerprint density at radius 1 is 1.15 bits per heavy atom. The SMILES string of the molecule is C[Si](C)(C)CCOCN1C(=O)CCC(N2Cc3ccc(CNc4nnc(C5CC6(CCC6)C5)o4)cc3C2=O)C1=O. The number of carbonyl (C=O) groups is 3. The van der Waals surface area contributed by atoms with E-state index in [4.69, 9.17) is 9.15 Å². The Bertz CT molecular complexity index is 1310. The molecule has 10 nitrogen and oxygen atoms in total. The van der Waals surface area contributed by atoms with Crippen LogP contribution >= 0.6 is 0 Å². The minimum absolute atomic E-state index is 0.0531. The van der Waals surface area contributed by atoms with Gasteiger partial charge in [0.1, 0.15) is 12.8 Å². The van der Waals surface area contributed by atoms with E-state index >= 15 is 0 Å². The van der Waals surface area contributed by atoms with Crippen molar-refractivity contribution in [1.29, 1.82) is 0 Å². The van der Waals surface area contributed by atoms with Gasteiger partial charge in [-0.25, -0.2) is 0 Å². The van der Waals surface area contributed by atoms with Gasteiger partial charge < -0.3 is 19.4 Å². The first-order valence-corrected chi connectivity index (χ1v) is 18.2. The predicted octanol–water partition coefficient (Wildman–Crippen LogP) is 4.52. The Morgan fingerprint density at radius 3 is 2.67 bits per heavy atom. The lowest BCUT2D eigenvalue weighted by molar-refractivity contribution is -0.158. The highest BCUT2D eigenvalue weighted by molar-refractivity contribution is 6.76. The fraction of sp³-hybridized carbons (Fsp3) is 0.621. The summed E-state index contributed by atoms with van der Waals surface area (Å²) in [5.74, 6) is 0.312. The summed E-state index contributed by atoms with van der Waals surface area (Å²) in [5.41, 5.74) is 2.93. The number of aromatic nitrogens is 2. The van der Waals surface area contributed by atoms with Gasteiger partial charge in [-0.3, -0.25) is 19.3 Å². The van der Waals surface area contributed by atoms with Gasteiger partial charge in [0.25, 0.3) is 11.8 Å². The quantitative estimate of drug-likeness (QED) is 0.254. The molecule has 2 aliphatic heterocycles. The molecule has 6 rings (SSSR count). The van der Waals surface area contributed by atoms with Crippen molar-refractivity contribution >= 4 is 31.8 Å². The lowest BCUT2D eigenvalue weighted by Crippen LogP contribution is -2.55. The first kappa shape index (κ1) is 27.1. The van der Waals surface area contributed by atoms with Crippen molar-refractivity contribution in [3.63, 3.8) is 0 Å². The molecular formula is C29H39N5O5Si. The molecule has 2 saturated carbocycles. The number of nitrogens with one attached hydrogen (secondary N) is 1. The Morgan fingerprint density at radius 2 is 1.95 bits per heavy atom. The summed E-state index contributed by atoms with van der Waals surface area (Å²) < 4.78 is 11.6. The molecule has 2 aliphatic carbocycles. The fourth-order valence-electron chi connectivity index (χ4n) is 6.41. The number of fused-ring (bicyclic) bond motifs is 1. The molecule has 1 aromatic carbocycles. The lowest BCUT2D eigenvalue weighted by atomic mass is 9.52. The van der Waals surface area contributed by atoms with Crippen molar-refractivity contribution in [2.45, 2.75) is 95.7 Å². The number of rotatable bonds is 10. The Kier molecular flexibility index (Phi) is 7.06. The number of likely N-dealkylation sites (tertiary alicyclic amines) is 1. The molecule has 11 heteroatoms. The van der Waals surface area contributed by atoms with Crippen LogP contribution in [0.5, 0.6) is 0 Å². The summed E-state index contributed by atoms with van der Waals surface area (Å²) in [4.78, 5) is 42.0. The minimum Gasteiger partial charge on any atom is -0.408 e. The third kappa shape index (κ3) is 5.33. The second kappa shape index (κ2) is 10.4. The van der Waals surface area contributed by atoms with E-state index in [9.17, 15) is 14.4 Å². The van der Waals surface area contributed by atoms with E-state index in [1.54, 1.807) is 4.90 Å². The lowest BCUT2D eigenvalue weighted by Gasteiger charge is -2.53. The van der Waals surface area contributed by atoms with Crippen molar-refractivity contribution in [3.05, 3.63) is 40.8 Å². The van der Waals surface area contributed by atoms with Crippen molar-refractivity contribution < 1.29 is 23.5 Å². The second-order valence-electron chi connectivity index (χ2n) is 13.2. The average molecular weight is 566 g/mol. The average Bonchev–Trinajstić information content (AvgIpc) is 3.44. The summed E-state index contributed by atoms with van der Waals surface area (Å²) in [5, 5.41) is 11.6. The molecule has 214 valence electrons. The number of imide groups is 1. The van der Waals surface area contributed by atoms with Crippen LogP contribution in [-0.2, 0) is 27.4 Å². The highest BCUT2D eigenvalue weighted by atomic mass is 28.3. The number of benzene rings is 1. The maximum atomic E-state index is 13.4. The number of hydrogen-bond donors (Lipinski definition) is 1. The monoisotopic (exact) mass is 565 g/mol. The largest absolute Gasteiger partial charge is 0.408 e. The van der Waals surface area contributed by atoms with Gasteiger partial charge >= 0.3 is 6.01 Å². The van der Waals surface area contributed by atoms with Crippen molar-refractivity contribution in [2.24, 2.45) is 5.41 Å². The van der Waals surface area contributed by atoms with Crippen LogP contribution < -0.4 is 5.32 Å². The second-order valence-corrected chi connectivity index (χ2v) is 18.9. The molecule has 0 bridgehead atoms. The van der Waals surface area contributed by atoms with Gasteiger partial charge in [0.15, 0.2) is 0 Å². The van der Waals surface area contributed by atoms with E-state index in [0.717, 1.165) is 30.0 Å². The molecule has 1 N–H and O–H groups in total. The Balaban J connectivity index is 1.04. The van der Waals surface area contributed by atoms with Crippen LogP contribution in [0.15, 0.2) is 22.6 Å². The van der Waals surface area contributed by atoms with Gasteiger partial charge in [-0.05, 0) is 60.8 Å². The molecule has 1 aromatic heterocycles. The molecule has 40 heavy (non-hydrogen) atoms. The third-order valence-corrected chi connectivity index (χ3v) is 10.8. The molecule has 1 unspecified atom stereocenters. The smallest absolute Gasteiger partial charge is 0.315 e. The van der Waals surface area contributed by atoms with E-state index in [0.29, 0.717) is 54.9 Å². The van der Waals surface area contributed by atoms with Gasteiger partial charge in [-0.15, -0.1) is 5.10 Å². The van der Waals surface area contributed by atoms with Crippen molar-refractivity contribution in [3.8, 4) is 0 Å². The molecule has 3 heterocycles. The number of nitrogens with zero attached hydrogens (tertiary/aromatic N) is 4. The summed E-state index contributed by atoms with van der Waals surface area (Å²) >= 11 is 0. The van der Waals surface area contributed by atoms with Crippen LogP contribution in [0.3, 0.4) is 0 Å². The number of piperidine rings is 1. The Hall–Kier alpha value is -3.05. The van der Waals surface area contributed by atoms with Gasteiger partial charge in [-0.2, -0.15) is 0 Å². The molecule has 1 spiro atoms. The van der Waals surface area contributed by atoms with Gasteiger partial charge in [-0.1, -0.05) is 43.3 Å². The van der Waals surface area contributed by atoms with Crippen LogP contribution in [0.25, 0.3) is 0 Å². The number of hydrogen-bond acceptors (Lipinski definition) is 8. The van der Waals surface area contributed by atoms with Crippen LogP contribution in [-0.4, -0.2) is 65.2 Å². The zero-order chi connectivity index (χ0) is 28.1. The molecule has 4 aliphatic rings. The molecule has 1 atom stereocenters. The van der Waals surface area contributed by atoms with E-state index in [1.807, 2.05) is 18.2 Å². The molecule has 0 radical (unpaired) electrons.